The smallest absolute Gasteiger partial charge is 0.291 e. The van der Waals surface area contributed by atoms with Crippen molar-refractivity contribution in [3.63, 3.8) is 0 Å². The Kier molecular flexibility index (Phi) is 4.86. The van der Waals surface area contributed by atoms with E-state index in [2.05, 4.69) is 19.8 Å². The zero-order chi connectivity index (χ0) is 20.7. The molecule has 1 aliphatic carbocycles. The maximum Gasteiger partial charge on any atom is 0.291 e. The molecular formula is C20H24N6O4. The molecule has 0 saturated heterocycles. The van der Waals surface area contributed by atoms with Crippen LogP contribution in [0.2, 0.25) is 0 Å². The number of ether oxygens (including phenoxy) is 1. The van der Waals surface area contributed by atoms with Gasteiger partial charge in [-0.25, -0.2) is 4.98 Å². The van der Waals surface area contributed by atoms with Gasteiger partial charge in [0.05, 0.1) is 18.9 Å². The van der Waals surface area contributed by atoms with Gasteiger partial charge in [0.1, 0.15) is 0 Å². The molecule has 0 unspecified atom stereocenters. The summed E-state index contributed by atoms with van der Waals surface area (Å²) in [6, 6.07) is 0. The molecule has 1 amide bonds. The van der Waals surface area contributed by atoms with Gasteiger partial charge >= 0.3 is 0 Å². The summed E-state index contributed by atoms with van der Waals surface area (Å²) in [5.41, 5.74) is 3.55. The number of rotatable bonds is 7. The molecule has 0 aromatic carbocycles. The third kappa shape index (κ3) is 3.62. The lowest BCUT2D eigenvalue weighted by Gasteiger charge is -2.14. The second-order valence-electron chi connectivity index (χ2n) is 7.96. The lowest BCUT2D eigenvalue weighted by molar-refractivity contribution is 0.0763. The maximum absolute atomic E-state index is 12.4. The zero-order valence-corrected chi connectivity index (χ0v) is 17.1. The molecule has 30 heavy (non-hydrogen) atoms. The van der Waals surface area contributed by atoms with Crippen LogP contribution >= 0.6 is 0 Å². The molecule has 5 rings (SSSR count). The van der Waals surface area contributed by atoms with Gasteiger partial charge in [-0.3, -0.25) is 9.48 Å². The quantitative estimate of drug-likeness (QED) is 0.579. The largest absolute Gasteiger partial charge is 0.438 e. The van der Waals surface area contributed by atoms with Crippen molar-refractivity contribution in [2.24, 2.45) is 5.92 Å². The van der Waals surface area contributed by atoms with E-state index in [1.165, 1.54) is 24.9 Å². The van der Waals surface area contributed by atoms with E-state index < -0.39 is 0 Å². The van der Waals surface area contributed by atoms with Gasteiger partial charge in [-0.2, -0.15) is 10.1 Å². The Bertz CT molecular complexity index is 1060. The van der Waals surface area contributed by atoms with Crippen LogP contribution in [0.1, 0.15) is 46.2 Å². The van der Waals surface area contributed by atoms with Crippen LogP contribution in [0.5, 0.6) is 0 Å². The average molecular weight is 412 g/mol. The van der Waals surface area contributed by atoms with Crippen molar-refractivity contribution in [3.8, 4) is 11.6 Å². The Balaban J connectivity index is 1.29. The van der Waals surface area contributed by atoms with Gasteiger partial charge in [0.25, 0.3) is 11.8 Å². The normalized spacial score (nSPS) is 15.9. The standard InChI is InChI=1S/C20H24N6O4/c1-12-18(29-11-21-12)20(27)25(2)7-5-16-22-19(30-24-16)17-14-10-28-8-6-15(14)26(23-17)9-13-3-4-13/h11,13H,3-10H2,1-2H3. The summed E-state index contributed by atoms with van der Waals surface area (Å²) in [7, 11) is 1.71. The van der Waals surface area contributed by atoms with E-state index in [1.807, 2.05) is 0 Å². The molecule has 1 fully saturated rings. The van der Waals surface area contributed by atoms with E-state index in [9.17, 15) is 4.79 Å². The molecule has 4 heterocycles. The van der Waals surface area contributed by atoms with Crippen LogP contribution in [0.15, 0.2) is 15.3 Å². The number of fused-ring (bicyclic) bond motifs is 1. The summed E-state index contributed by atoms with van der Waals surface area (Å²) in [5, 5.41) is 8.86. The van der Waals surface area contributed by atoms with Crippen molar-refractivity contribution in [2.75, 3.05) is 20.2 Å². The molecule has 2 aliphatic rings. The van der Waals surface area contributed by atoms with Crippen LogP contribution in [0.25, 0.3) is 11.6 Å². The van der Waals surface area contributed by atoms with Gasteiger partial charge in [0.15, 0.2) is 17.9 Å². The van der Waals surface area contributed by atoms with Crippen LogP contribution in [0.3, 0.4) is 0 Å². The van der Waals surface area contributed by atoms with Crippen LogP contribution in [-0.2, 0) is 30.7 Å². The number of hydrogen-bond acceptors (Lipinski definition) is 8. The monoisotopic (exact) mass is 412 g/mol. The Morgan fingerprint density at radius 2 is 2.23 bits per heavy atom. The Morgan fingerprint density at radius 3 is 3.00 bits per heavy atom. The Morgan fingerprint density at radius 1 is 1.37 bits per heavy atom. The van der Waals surface area contributed by atoms with E-state index >= 15 is 0 Å². The number of carbonyl (C=O) groups excluding carboxylic acids is 1. The molecule has 0 radical (unpaired) electrons. The minimum Gasteiger partial charge on any atom is -0.438 e. The van der Waals surface area contributed by atoms with Crippen molar-refractivity contribution < 1.29 is 18.5 Å². The minimum absolute atomic E-state index is 0.223. The molecule has 10 nitrogen and oxygen atoms in total. The van der Waals surface area contributed by atoms with Crippen LogP contribution < -0.4 is 0 Å². The van der Waals surface area contributed by atoms with E-state index in [-0.39, 0.29) is 11.7 Å². The summed E-state index contributed by atoms with van der Waals surface area (Å²) in [4.78, 5) is 22.5. The fourth-order valence-corrected chi connectivity index (χ4v) is 3.68. The second kappa shape index (κ2) is 7.67. The molecule has 1 aliphatic heterocycles. The summed E-state index contributed by atoms with van der Waals surface area (Å²) in [5.74, 6) is 1.68. The van der Waals surface area contributed by atoms with Crippen molar-refractivity contribution in [1.29, 1.82) is 0 Å². The van der Waals surface area contributed by atoms with Crippen LogP contribution in [-0.4, -0.2) is 55.9 Å². The number of nitrogens with zero attached hydrogens (tertiary/aromatic N) is 6. The van der Waals surface area contributed by atoms with Gasteiger partial charge < -0.3 is 18.6 Å². The second-order valence-corrected chi connectivity index (χ2v) is 7.96. The number of oxazole rings is 1. The van der Waals surface area contributed by atoms with Gasteiger partial charge in [0.2, 0.25) is 5.76 Å². The molecular weight excluding hydrogens is 388 g/mol. The molecule has 0 atom stereocenters. The zero-order valence-electron chi connectivity index (χ0n) is 17.1. The number of aryl methyl sites for hydroxylation is 1. The average Bonchev–Trinajstić information content (AvgIpc) is 3.13. The van der Waals surface area contributed by atoms with Crippen molar-refractivity contribution in [1.82, 2.24) is 29.8 Å². The SMILES string of the molecule is Cc1ncoc1C(=O)N(C)CCc1noc(-c2nn(CC3CC3)c3c2COCC3)n1. The first-order chi connectivity index (χ1) is 14.6. The molecule has 0 bridgehead atoms. The lowest BCUT2D eigenvalue weighted by atomic mass is 10.1. The molecule has 10 heteroatoms. The van der Waals surface area contributed by atoms with Gasteiger partial charge in [-0.1, -0.05) is 5.16 Å². The maximum atomic E-state index is 12.4. The van der Waals surface area contributed by atoms with Gasteiger partial charge in [-0.15, -0.1) is 0 Å². The summed E-state index contributed by atoms with van der Waals surface area (Å²) in [6.07, 6.45) is 5.12. The summed E-state index contributed by atoms with van der Waals surface area (Å²) in [6.45, 7) is 4.33. The van der Waals surface area contributed by atoms with Gasteiger partial charge in [-0.05, 0) is 25.7 Å². The minimum atomic E-state index is -0.223. The highest BCUT2D eigenvalue weighted by Gasteiger charge is 2.29. The lowest BCUT2D eigenvalue weighted by Crippen LogP contribution is -2.29. The highest BCUT2D eigenvalue weighted by molar-refractivity contribution is 5.92. The van der Waals surface area contributed by atoms with Crippen molar-refractivity contribution >= 4 is 5.91 Å². The van der Waals surface area contributed by atoms with Crippen LogP contribution in [0, 0.1) is 12.8 Å². The molecule has 0 N–H and O–H groups in total. The number of hydrogen-bond donors (Lipinski definition) is 0. The highest BCUT2D eigenvalue weighted by Crippen LogP contribution is 2.34. The molecule has 3 aromatic rings. The van der Waals surface area contributed by atoms with Crippen LogP contribution in [0.4, 0.5) is 0 Å². The molecule has 0 spiro atoms. The Hall–Kier alpha value is -3.01. The first kappa shape index (κ1) is 19.0. The van der Waals surface area contributed by atoms with Gasteiger partial charge in [0, 0.05) is 44.2 Å². The highest BCUT2D eigenvalue weighted by atomic mass is 16.5. The van der Waals surface area contributed by atoms with E-state index in [4.69, 9.17) is 18.8 Å². The number of amides is 1. The molecule has 1 saturated carbocycles. The topological polar surface area (TPSA) is 112 Å². The first-order valence-electron chi connectivity index (χ1n) is 10.2. The first-order valence-corrected chi connectivity index (χ1v) is 10.2. The third-order valence-corrected chi connectivity index (χ3v) is 5.65. The Labute approximate surface area is 173 Å². The number of aromatic nitrogens is 5. The number of likely N-dealkylation sites (N-methyl/N-ethyl adjacent to an activating group) is 1. The van der Waals surface area contributed by atoms with E-state index in [0.717, 1.165) is 24.4 Å². The molecule has 158 valence electrons. The predicted octanol–water partition coefficient (Wildman–Crippen LogP) is 2.03. The predicted molar refractivity (Wildman–Crippen MR) is 104 cm³/mol. The van der Waals surface area contributed by atoms with E-state index in [0.29, 0.717) is 49.3 Å². The molecule has 3 aromatic heterocycles. The number of carbonyl (C=O) groups is 1. The summed E-state index contributed by atoms with van der Waals surface area (Å²) < 4.78 is 18.4. The van der Waals surface area contributed by atoms with Crippen molar-refractivity contribution in [2.45, 2.75) is 45.8 Å². The summed E-state index contributed by atoms with van der Waals surface area (Å²) >= 11 is 0. The fourth-order valence-electron chi connectivity index (χ4n) is 3.68. The fraction of sp³-hybridized carbons (Fsp3) is 0.550. The third-order valence-electron chi connectivity index (χ3n) is 5.65. The van der Waals surface area contributed by atoms with Crippen molar-refractivity contribution in [3.05, 3.63) is 34.9 Å². The van der Waals surface area contributed by atoms with E-state index in [1.54, 1.807) is 18.9 Å².